The van der Waals surface area contributed by atoms with Gasteiger partial charge in [0, 0.05) is 35.9 Å². The molecule has 1 aliphatic rings. The molecule has 0 bridgehead atoms. The van der Waals surface area contributed by atoms with Crippen LogP contribution in [0.4, 0.5) is 23.0 Å². The van der Waals surface area contributed by atoms with E-state index in [0.29, 0.717) is 28.5 Å². The van der Waals surface area contributed by atoms with Crippen LogP contribution in [0.15, 0.2) is 104 Å². The van der Waals surface area contributed by atoms with Crippen molar-refractivity contribution >= 4 is 34.8 Å². The van der Waals surface area contributed by atoms with Gasteiger partial charge in [-0.3, -0.25) is 14.6 Å². The zero-order valence-corrected chi connectivity index (χ0v) is 23.6. The number of hydrogen-bond acceptors (Lipinski definition) is 7. The van der Waals surface area contributed by atoms with Crippen LogP contribution in [-0.4, -0.2) is 33.4 Å². The third-order valence-corrected chi connectivity index (χ3v) is 7.19. The third kappa shape index (κ3) is 6.74. The number of rotatable bonds is 8. The number of ether oxygens (including phenoxy) is 1. The number of nitrogens with one attached hydrogen (secondary N) is 3. The Labute approximate surface area is 249 Å². The highest BCUT2D eigenvalue weighted by Gasteiger charge is 2.19. The van der Waals surface area contributed by atoms with Gasteiger partial charge in [-0.1, -0.05) is 48.5 Å². The Kier molecular flexibility index (Phi) is 8.15. The molecule has 0 spiro atoms. The lowest BCUT2D eigenvalue weighted by Crippen LogP contribution is -2.15. The normalized spacial score (nSPS) is 14.2. The molecule has 43 heavy (non-hydrogen) atoms. The third-order valence-electron chi connectivity index (χ3n) is 7.19. The van der Waals surface area contributed by atoms with Crippen LogP contribution in [0.25, 0.3) is 11.1 Å². The number of pyridine rings is 1. The molecule has 6 rings (SSSR count). The van der Waals surface area contributed by atoms with Crippen molar-refractivity contribution in [1.29, 1.82) is 0 Å². The summed E-state index contributed by atoms with van der Waals surface area (Å²) in [4.78, 5) is 39.1. The fourth-order valence-electron chi connectivity index (χ4n) is 4.86. The number of aryl methyl sites for hydroxylation is 1. The summed E-state index contributed by atoms with van der Waals surface area (Å²) >= 11 is 0. The maximum atomic E-state index is 13.1. The molecule has 3 heterocycles. The summed E-state index contributed by atoms with van der Waals surface area (Å²) in [5, 5.41) is 9.00. The van der Waals surface area contributed by atoms with Crippen LogP contribution in [0.3, 0.4) is 0 Å². The van der Waals surface area contributed by atoms with E-state index in [-0.39, 0.29) is 17.9 Å². The van der Waals surface area contributed by atoms with Gasteiger partial charge >= 0.3 is 0 Å². The van der Waals surface area contributed by atoms with E-state index in [1.54, 1.807) is 24.4 Å². The van der Waals surface area contributed by atoms with Crippen molar-refractivity contribution in [1.82, 2.24) is 15.0 Å². The maximum absolute atomic E-state index is 13.1. The molecule has 3 N–H and O–H groups in total. The molecule has 0 saturated carbocycles. The summed E-state index contributed by atoms with van der Waals surface area (Å²) < 4.78 is 5.75. The Morgan fingerprint density at radius 3 is 2.37 bits per heavy atom. The number of carbonyl (C=O) groups excluding carboxylic acids is 2. The second-order valence-electron chi connectivity index (χ2n) is 10.3. The van der Waals surface area contributed by atoms with Crippen LogP contribution in [0, 0.1) is 6.92 Å². The Morgan fingerprint density at radius 1 is 0.814 bits per heavy atom. The van der Waals surface area contributed by atoms with Gasteiger partial charge in [0.25, 0.3) is 11.8 Å². The van der Waals surface area contributed by atoms with E-state index < -0.39 is 0 Å². The Morgan fingerprint density at radius 2 is 1.58 bits per heavy atom. The predicted molar refractivity (Wildman–Crippen MR) is 166 cm³/mol. The van der Waals surface area contributed by atoms with Gasteiger partial charge in [0.15, 0.2) is 0 Å². The maximum Gasteiger partial charge on any atom is 0.257 e. The van der Waals surface area contributed by atoms with Crippen LogP contribution in [-0.2, 0) is 4.74 Å². The first-order valence-corrected chi connectivity index (χ1v) is 14.1. The molecule has 2 aromatic heterocycles. The van der Waals surface area contributed by atoms with Crippen LogP contribution in [0.5, 0.6) is 0 Å². The quantitative estimate of drug-likeness (QED) is 0.185. The van der Waals surface area contributed by atoms with Crippen LogP contribution >= 0.6 is 0 Å². The summed E-state index contributed by atoms with van der Waals surface area (Å²) in [6.07, 6.45) is 6.63. The van der Waals surface area contributed by atoms with Crippen molar-refractivity contribution in [2.45, 2.75) is 25.9 Å². The zero-order chi connectivity index (χ0) is 29.6. The molecular formula is C34H30N6O3. The summed E-state index contributed by atoms with van der Waals surface area (Å²) in [5.74, 6) is -0.192. The first-order valence-electron chi connectivity index (χ1n) is 14.1. The molecule has 214 valence electrons. The first-order chi connectivity index (χ1) is 21.0. The topological polar surface area (TPSA) is 118 Å². The van der Waals surface area contributed by atoms with E-state index in [0.717, 1.165) is 47.5 Å². The average molecular weight is 571 g/mol. The van der Waals surface area contributed by atoms with Crippen molar-refractivity contribution in [2.75, 3.05) is 22.6 Å². The molecule has 1 saturated heterocycles. The van der Waals surface area contributed by atoms with Crippen LogP contribution in [0.1, 0.15) is 50.9 Å². The molecule has 1 fully saturated rings. The number of benzene rings is 3. The molecule has 0 radical (unpaired) electrons. The highest BCUT2D eigenvalue weighted by Crippen LogP contribution is 2.29. The Balaban J connectivity index is 1.11. The summed E-state index contributed by atoms with van der Waals surface area (Å²) in [6.45, 7) is 2.70. The first kappa shape index (κ1) is 27.7. The van der Waals surface area contributed by atoms with Crippen molar-refractivity contribution in [3.63, 3.8) is 0 Å². The SMILES string of the molecule is Cc1ccc(NC(=O)c2cncc(NC(=O)c3ccc(-c4ccccc4)cc3)c2)cc1Nc1nccc(C2CCCO2)n1. The molecule has 9 heteroatoms. The van der Waals surface area contributed by atoms with Crippen molar-refractivity contribution in [2.24, 2.45) is 0 Å². The predicted octanol–water partition coefficient (Wildman–Crippen LogP) is 6.95. The van der Waals surface area contributed by atoms with E-state index in [2.05, 4.69) is 30.9 Å². The lowest BCUT2D eigenvalue weighted by molar-refractivity contribution is 0.101. The summed E-state index contributed by atoms with van der Waals surface area (Å²) in [6, 6.07) is 26.3. The van der Waals surface area contributed by atoms with Gasteiger partial charge in [0.2, 0.25) is 5.95 Å². The molecule has 1 aliphatic heterocycles. The molecule has 5 aromatic rings. The van der Waals surface area contributed by atoms with Gasteiger partial charge in [0.05, 0.1) is 29.2 Å². The number of amides is 2. The van der Waals surface area contributed by atoms with Gasteiger partial charge in [0.1, 0.15) is 0 Å². The minimum atomic E-state index is -0.359. The highest BCUT2D eigenvalue weighted by atomic mass is 16.5. The summed E-state index contributed by atoms with van der Waals surface area (Å²) in [5.41, 5.74) is 6.48. The number of aromatic nitrogens is 3. The fraction of sp³-hybridized carbons (Fsp3) is 0.147. The largest absolute Gasteiger partial charge is 0.372 e. The van der Waals surface area contributed by atoms with Crippen LogP contribution < -0.4 is 16.0 Å². The van der Waals surface area contributed by atoms with Crippen molar-refractivity contribution < 1.29 is 14.3 Å². The standard InChI is InChI=1S/C34H30N6O3/c1-22-9-14-27(19-30(22)40-34-36-16-15-29(39-34)31-8-5-17-43-31)37-33(42)26-18-28(21-35-20-26)38-32(41)25-12-10-24(11-13-25)23-6-3-2-4-7-23/h2-4,6-7,9-16,18-21,31H,5,8,17H2,1H3,(H,37,42)(H,38,41)(H,36,39,40). The van der Waals surface area contributed by atoms with E-state index >= 15 is 0 Å². The second-order valence-corrected chi connectivity index (χ2v) is 10.3. The van der Waals surface area contributed by atoms with E-state index in [1.165, 1.54) is 12.4 Å². The van der Waals surface area contributed by atoms with Crippen molar-refractivity contribution in [3.8, 4) is 11.1 Å². The van der Waals surface area contributed by atoms with E-state index in [9.17, 15) is 9.59 Å². The number of nitrogens with zero attached hydrogens (tertiary/aromatic N) is 3. The minimum absolute atomic E-state index is 0.00962. The Bertz CT molecular complexity index is 1750. The fourth-order valence-corrected chi connectivity index (χ4v) is 4.86. The molecule has 2 amide bonds. The van der Waals surface area contributed by atoms with Gasteiger partial charge in [-0.05, 0) is 72.9 Å². The molecule has 1 unspecified atom stereocenters. The lowest BCUT2D eigenvalue weighted by atomic mass is 10.0. The second kappa shape index (κ2) is 12.6. The van der Waals surface area contributed by atoms with Crippen LogP contribution in [0.2, 0.25) is 0 Å². The van der Waals surface area contributed by atoms with Gasteiger partial charge < -0.3 is 20.7 Å². The van der Waals surface area contributed by atoms with Gasteiger partial charge in [-0.25, -0.2) is 9.97 Å². The van der Waals surface area contributed by atoms with Gasteiger partial charge in [-0.15, -0.1) is 0 Å². The van der Waals surface area contributed by atoms with E-state index in [1.807, 2.05) is 73.7 Å². The molecule has 9 nitrogen and oxygen atoms in total. The number of anilines is 4. The minimum Gasteiger partial charge on any atom is -0.372 e. The molecular weight excluding hydrogens is 540 g/mol. The van der Waals surface area contributed by atoms with Gasteiger partial charge in [-0.2, -0.15) is 0 Å². The lowest BCUT2D eigenvalue weighted by Gasteiger charge is -2.13. The smallest absolute Gasteiger partial charge is 0.257 e. The monoisotopic (exact) mass is 570 g/mol. The summed E-state index contributed by atoms with van der Waals surface area (Å²) in [7, 11) is 0. The molecule has 1 atom stereocenters. The zero-order valence-electron chi connectivity index (χ0n) is 23.6. The molecule has 3 aromatic carbocycles. The van der Waals surface area contributed by atoms with E-state index in [4.69, 9.17) is 4.74 Å². The van der Waals surface area contributed by atoms with Crippen molar-refractivity contribution in [3.05, 3.63) is 126 Å². The highest BCUT2D eigenvalue weighted by molar-refractivity contribution is 6.07. The number of hydrogen-bond donors (Lipinski definition) is 3. The Hall–Kier alpha value is -5.41. The average Bonchev–Trinajstić information content (AvgIpc) is 3.59. The number of carbonyl (C=O) groups is 2. The molecule has 0 aliphatic carbocycles.